The lowest BCUT2D eigenvalue weighted by atomic mass is 10.1. The van der Waals surface area contributed by atoms with Crippen LogP contribution in [0.25, 0.3) is 0 Å². The van der Waals surface area contributed by atoms with Gasteiger partial charge in [0, 0.05) is 25.2 Å². The van der Waals surface area contributed by atoms with Crippen LogP contribution in [0.15, 0.2) is 24.3 Å². The monoisotopic (exact) mass is 223 g/mol. The number of nitrogens with one attached hydrogen (secondary N) is 1. The third-order valence-electron chi connectivity index (χ3n) is 1.98. The van der Waals surface area contributed by atoms with Gasteiger partial charge in [-0.15, -0.1) is 0 Å². The summed E-state index contributed by atoms with van der Waals surface area (Å²) in [6, 6.07) is 5.90. The molecule has 0 aliphatic heterocycles. The Kier molecular flexibility index (Phi) is 4.41. The molecule has 0 heterocycles. The molecular formula is C10H13N3O3. The second-order valence-corrected chi connectivity index (χ2v) is 3.24. The lowest BCUT2D eigenvalue weighted by molar-refractivity contribution is -0.384. The molecular weight excluding hydrogens is 210 g/mol. The summed E-state index contributed by atoms with van der Waals surface area (Å²) in [5, 5.41) is 13.0. The van der Waals surface area contributed by atoms with Gasteiger partial charge in [-0.05, 0) is 5.56 Å². The van der Waals surface area contributed by atoms with E-state index < -0.39 is 4.92 Å². The zero-order chi connectivity index (χ0) is 12.0. The van der Waals surface area contributed by atoms with Crippen molar-refractivity contribution in [3.05, 3.63) is 39.9 Å². The zero-order valence-corrected chi connectivity index (χ0v) is 8.68. The van der Waals surface area contributed by atoms with Crippen molar-refractivity contribution < 1.29 is 9.72 Å². The van der Waals surface area contributed by atoms with Gasteiger partial charge in [0.05, 0.1) is 11.3 Å². The van der Waals surface area contributed by atoms with E-state index in [-0.39, 0.29) is 18.0 Å². The molecule has 1 aromatic carbocycles. The van der Waals surface area contributed by atoms with E-state index in [1.165, 1.54) is 12.1 Å². The Balaban J connectivity index is 2.55. The smallest absolute Gasteiger partial charge is 0.269 e. The van der Waals surface area contributed by atoms with Gasteiger partial charge in [-0.1, -0.05) is 12.1 Å². The van der Waals surface area contributed by atoms with Crippen molar-refractivity contribution in [3.8, 4) is 0 Å². The van der Waals surface area contributed by atoms with E-state index in [0.717, 1.165) is 5.56 Å². The predicted octanol–water partition coefficient (Wildman–Crippen LogP) is 0.212. The van der Waals surface area contributed by atoms with Crippen LogP contribution in [-0.4, -0.2) is 23.9 Å². The number of non-ortho nitro benzene ring substituents is 1. The highest BCUT2D eigenvalue weighted by atomic mass is 16.6. The fourth-order valence-electron chi connectivity index (χ4n) is 1.19. The number of nitro groups is 1. The van der Waals surface area contributed by atoms with E-state index in [1.807, 2.05) is 0 Å². The largest absolute Gasteiger partial charge is 0.355 e. The van der Waals surface area contributed by atoms with Gasteiger partial charge in [-0.2, -0.15) is 0 Å². The highest BCUT2D eigenvalue weighted by Gasteiger charge is 2.06. The normalized spacial score (nSPS) is 9.81. The molecule has 0 saturated carbocycles. The van der Waals surface area contributed by atoms with Crippen molar-refractivity contribution in [1.82, 2.24) is 5.32 Å². The van der Waals surface area contributed by atoms with Crippen molar-refractivity contribution in [1.29, 1.82) is 0 Å². The molecule has 86 valence electrons. The molecule has 0 fully saturated rings. The Labute approximate surface area is 92.6 Å². The fraction of sp³-hybridized carbons (Fsp3) is 0.300. The summed E-state index contributed by atoms with van der Waals surface area (Å²) in [7, 11) is 0. The van der Waals surface area contributed by atoms with Crippen molar-refractivity contribution in [2.24, 2.45) is 5.73 Å². The molecule has 6 nitrogen and oxygen atoms in total. The number of nitro benzene ring substituents is 1. The van der Waals surface area contributed by atoms with Gasteiger partial charge in [-0.3, -0.25) is 14.9 Å². The van der Waals surface area contributed by atoms with Crippen LogP contribution < -0.4 is 11.1 Å². The summed E-state index contributed by atoms with van der Waals surface area (Å²) in [4.78, 5) is 21.2. The maximum atomic E-state index is 11.3. The lowest BCUT2D eigenvalue weighted by Crippen LogP contribution is -2.30. The molecule has 16 heavy (non-hydrogen) atoms. The van der Waals surface area contributed by atoms with Gasteiger partial charge in [0.2, 0.25) is 5.91 Å². The van der Waals surface area contributed by atoms with Crippen molar-refractivity contribution in [2.75, 3.05) is 13.1 Å². The second-order valence-electron chi connectivity index (χ2n) is 3.24. The molecule has 0 radical (unpaired) electrons. The standard InChI is InChI=1S/C10H13N3O3/c11-5-6-12-10(14)7-8-1-3-9(4-2-8)13(15)16/h1-4H,5-7,11H2,(H,12,14). The highest BCUT2D eigenvalue weighted by molar-refractivity contribution is 5.78. The molecule has 0 aliphatic rings. The molecule has 0 bridgehead atoms. The number of benzene rings is 1. The summed E-state index contributed by atoms with van der Waals surface area (Å²) >= 11 is 0. The maximum absolute atomic E-state index is 11.3. The summed E-state index contributed by atoms with van der Waals surface area (Å²) in [6.07, 6.45) is 0.206. The number of rotatable bonds is 5. The minimum Gasteiger partial charge on any atom is -0.355 e. The second kappa shape index (κ2) is 5.82. The SMILES string of the molecule is NCCNC(=O)Cc1ccc([N+](=O)[O-])cc1. The Hall–Kier alpha value is -1.95. The van der Waals surface area contributed by atoms with Gasteiger partial charge >= 0.3 is 0 Å². The zero-order valence-electron chi connectivity index (χ0n) is 8.68. The van der Waals surface area contributed by atoms with Gasteiger partial charge in [0.1, 0.15) is 0 Å². The van der Waals surface area contributed by atoms with Crippen LogP contribution >= 0.6 is 0 Å². The van der Waals surface area contributed by atoms with Crippen LogP contribution in [0.5, 0.6) is 0 Å². The lowest BCUT2D eigenvalue weighted by Gasteiger charge is -2.03. The van der Waals surface area contributed by atoms with Gasteiger partial charge in [-0.25, -0.2) is 0 Å². The Bertz CT molecular complexity index is 375. The summed E-state index contributed by atoms with van der Waals surface area (Å²) < 4.78 is 0. The quantitative estimate of drug-likeness (QED) is 0.550. The van der Waals surface area contributed by atoms with Gasteiger partial charge in [0.25, 0.3) is 5.69 Å². The molecule has 0 aliphatic carbocycles. The molecule has 1 amide bonds. The molecule has 0 atom stereocenters. The average molecular weight is 223 g/mol. The average Bonchev–Trinajstić information content (AvgIpc) is 2.27. The molecule has 0 spiro atoms. The minimum atomic E-state index is -0.474. The minimum absolute atomic E-state index is 0.0196. The number of hydrogen-bond donors (Lipinski definition) is 2. The molecule has 1 aromatic rings. The van der Waals surface area contributed by atoms with E-state index in [0.29, 0.717) is 13.1 Å². The van der Waals surface area contributed by atoms with E-state index in [9.17, 15) is 14.9 Å². The Morgan fingerprint density at radius 2 is 2.00 bits per heavy atom. The first-order valence-corrected chi connectivity index (χ1v) is 4.83. The van der Waals surface area contributed by atoms with Gasteiger partial charge in [0.15, 0.2) is 0 Å². The topological polar surface area (TPSA) is 98.3 Å². The van der Waals surface area contributed by atoms with Crippen molar-refractivity contribution in [3.63, 3.8) is 0 Å². The molecule has 6 heteroatoms. The first-order valence-electron chi connectivity index (χ1n) is 4.83. The van der Waals surface area contributed by atoms with E-state index in [4.69, 9.17) is 5.73 Å². The van der Waals surface area contributed by atoms with E-state index in [1.54, 1.807) is 12.1 Å². The molecule has 0 saturated heterocycles. The summed E-state index contributed by atoms with van der Waals surface area (Å²) in [6.45, 7) is 0.831. The third-order valence-corrected chi connectivity index (χ3v) is 1.98. The fourth-order valence-corrected chi connectivity index (χ4v) is 1.19. The third kappa shape index (κ3) is 3.66. The Morgan fingerprint density at radius 1 is 1.38 bits per heavy atom. The van der Waals surface area contributed by atoms with Crippen LogP contribution in [0.2, 0.25) is 0 Å². The van der Waals surface area contributed by atoms with Gasteiger partial charge < -0.3 is 11.1 Å². The van der Waals surface area contributed by atoms with Crippen LogP contribution in [-0.2, 0) is 11.2 Å². The number of amides is 1. The summed E-state index contributed by atoms with van der Waals surface area (Å²) in [5.41, 5.74) is 5.99. The maximum Gasteiger partial charge on any atom is 0.269 e. The Morgan fingerprint density at radius 3 is 2.50 bits per heavy atom. The number of carbonyl (C=O) groups is 1. The first-order chi connectivity index (χ1) is 7.63. The predicted molar refractivity (Wildman–Crippen MR) is 58.9 cm³/mol. The van der Waals surface area contributed by atoms with Crippen LogP contribution in [0.1, 0.15) is 5.56 Å². The molecule has 0 unspecified atom stereocenters. The van der Waals surface area contributed by atoms with Crippen LogP contribution in [0.3, 0.4) is 0 Å². The van der Waals surface area contributed by atoms with Crippen molar-refractivity contribution in [2.45, 2.75) is 6.42 Å². The first kappa shape index (κ1) is 12.1. The van der Waals surface area contributed by atoms with E-state index >= 15 is 0 Å². The van der Waals surface area contributed by atoms with Crippen LogP contribution in [0, 0.1) is 10.1 Å². The highest BCUT2D eigenvalue weighted by Crippen LogP contribution is 2.11. The van der Waals surface area contributed by atoms with E-state index in [2.05, 4.69) is 5.32 Å². The van der Waals surface area contributed by atoms with Crippen molar-refractivity contribution >= 4 is 11.6 Å². The number of carbonyl (C=O) groups excluding carboxylic acids is 1. The number of nitrogens with two attached hydrogens (primary N) is 1. The molecule has 3 N–H and O–H groups in total. The van der Waals surface area contributed by atoms with Crippen LogP contribution in [0.4, 0.5) is 5.69 Å². The molecule has 1 rings (SSSR count). The number of hydrogen-bond acceptors (Lipinski definition) is 4. The number of nitrogens with zero attached hydrogens (tertiary/aromatic N) is 1. The molecule has 0 aromatic heterocycles. The summed E-state index contributed by atoms with van der Waals surface area (Å²) in [5.74, 6) is -0.140.